The Morgan fingerprint density at radius 2 is 1.74 bits per heavy atom. The summed E-state index contributed by atoms with van der Waals surface area (Å²) in [5.74, 6) is 0.296. The van der Waals surface area contributed by atoms with Crippen LogP contribution >= 0.6 is 0 Å². The Morgan fingerprint density at radius 1 is 1.07 bits per heavy atom. The lowest BCUT2D eigenvalue weighted by Gasteiger charge is -2.28. The molecule has 5 nitrogen and oxygen atoms in total. The van der Waals surface area contributed by atoms with Crippen molar-refractivity contribution in [2.24, 2.45) is 10.7 Å². The van der Waals surface area contributed by atoms with Gasteiger partial charge in [0, 0.05) is 18.8 Å². The van der Waals surface area contributed by atoms with Gasteiger partial charge in [-0.05, 0) is 41.5 Å². The van der Waals surface area contributed by atoms with Gasteiger partial charge in [-0.3, -0.25) is 4.79 Å². The molecule has 0 radical (unpaired) electrons. The van der Waals surface area contributed by atoms with Crippen LogP contribution in [0, 0.1) is 0 Å². The van der Waals surface area contributed by atoms with E-state index in [0.717, 1.165) is 31.5 Å². The summed E-state index contributed by atoms with van der Waals surface area (Å²) in [7, 11) is 0. The number of aliphatic imine (C=N–C) groups is 1. The van der Waals surface area contributed by atoms with Crippen LogP contribution in [0.15, 0.2) is 47.5 Å². The third-order valence-electron chi connectivity index (χ3n) is 5.12. The molecule has 2 aromatic rings. The number of anilines is 1. The molecule has 0 saturated heterocycles. The van der Waals surface area contributed by atoms with Crippen molar-refractivity contribution < 1.29 is 4.79 Å². The van der Waals surface area contributed by atoms with Gasteiger partial charge >= 0.3 is 0 Å². The quantitative estimate of drug-likeness (QED) is 0.632. The van der Waals surface area contributed by atoms with Crippen molar-refractivity contribution in [3.63, 3.8) is 0 Å². The molecule has 0 saturated carbocycles. The largest absolute Gasteiger partial charge is 0.370 e. The monoisotopic (exact) mass is 364 g/mol. The van der Waals surface area contributed by atoms with E-state index < -0.39 is 0 Å². The maximum atomic E-state index is 12.5. The van der Waals surface area contributed by atoms with E-state index >= 15 is 0 Å². The molecule has 27 heavy (non-hydrogen) atoms. The number of para-hydroxylation sites is 1. The van der Waals surface area contributed by atoms with Gasteiger partial charge in [0.05, 0.1) is 0 Å². The Kier molecular flexibility index (Phi) is 6.12. The zero-order valence-electron chi connectivity index (χ0n) is 16.2. The molecule has 0 bridgehead atoms. The van der Waals surface area contributed by atoms with Crippen LogP contribution in [-0.4, -0.2) is 29.9 Å². The number of rotatable bonds is 5. The normalized spacial score (nSPS) is 14.0. The molecule has 0 aromatic heterocycles. The van der Waals surface area contributed by atoms with E-state index in [1.807, 2.05) is 17.0 Å². The summed E-state index contributed by atoms with van der Waals surface area (Å²) in [4.78, 5) is 18.7. The Balaban J connectivity index is 1.64. The Morgan fingerprint density at radius 3 is 2.41 bits per heavy atom. The molecular formula is C22H28N4O. The van der Waals surface area contributed by atoms with Crippen LogP contribution in [0.25, 0.3) is 0 Å². The van der Waals surface area contributed by atoms with E-state index in [9.17, 15) is 4.79 Å². The molecule has 1 heterocycles. The lowest BCUT2D eigenvalue weighted by Crippen LogP contribution is -2.38. The van der Waals surface area contributed by atoms with Crippen molar-refractivity contribution in [3.8, 4) is 0 Å². The van der Waals surface area contributed by atoms with Crippen molar-refractivity contribution in [1.29, 1.82) is 0 Å². The van der Waals surface area contributed by atoms with Crippen LogP contribution < -0.4 is 11.1 Å². The number of benzene rings is 2. The second kappa shape index (κ2) is 8.71. The van der Waals surface area contributed by atoms with Crippen LogP contribution in [0.1, 0.15) is 36.1 Å². The van der Waals surface area contributed by atoms with Crippen LogP contribution in [-0.2, 0) is 30.6 Å². The number of amides is 1. The van der Waals surface area contributed by atoms with Gasteiger partial charge < -0.3 is 16.0 Å². The Bertz CT molecular complexity index is 822. The maximum absolute atomic E-state index is 12.5. The van der Waals surface area contributed by atoms with E-state index in [1.165, 1.54) is 22.3 Å². The van der Waals surface area contributed by atoms with Crippen molar-refractivity contribution in [1.82, 2.24) is 4.90 Å². The van der Waals surface area contributed by atoms with Crippen LogP contribution in [0.3, 0.4) is 0 Å². The molecule has 0 spiro atoms. The zero-order valence-corrected chi connectivity index (χ0v) is 16.2. The maximum Gasteiger partial charge on any atom is 0.244 e. The summed E-state index contributed by atoms with van der Waals surface area (Å²) in [6, 6.07) is 14.5. The molecule has 1 aliphatic rings. The molecular weight excluding hydrogens is 336 g/mol. The number of fused-ring (bicyclic) bond motifs is 1. The summed E-state index contributed by atoms with van der Waals surface area (Å²) in [5, 5.41) is 3.21. The number of carbonyl (C=O) groups is 1. The summed E-state index contributed by atoms with van der Waals surface area (Å²) in [6.45, 7) is 5.68. The highest BCUT2D eigenvalue weighted by atomic mass is 16.2. The Hall–Kier alpha value is -2.82. The molecule has 0 unspecified atom stereocenters. The number of hydrogen-bond acceptors (Lipinski definition) is 2. The van der Waals surface area contributed by atoms with E-state index in [1.54, 1.807) is 0 Å². The summed E-state index contributed by atoms with van der Waals surface area (Å²) < 4.78 is 0. The highest BCUT2D eigenvalue weighted by molar-refractivity contribution is 5.95. The molecule has 1 aliphatic heterocycles. The number of nitrogens with one attached hydrogen (secondary N) is 1. The van der Waals surface area contributed by atoms with Gasteiger partial charge in [-0.1, -0.05) is 56.3 Å². The predicted octanol–water partition coefficient (Wildman–Crippen LogP) is 3.12. The average Bonchev–Trinajstić information content (AvgIpc) is 2.71. The fraction of sp³-hybridized carbons (Fsp3) is 0.364. The molecule has 0 aliphatic carbocycles. The second-order valence-corrected chi connectivity index (χ2v) is 6.82. The van der Waals surface area contributed by atoms with Crippen molar-refractivity contribution in [2.45, 2.75) is 39.7 Å². The number of nitrogens with two attached hydrogens (primary N) is 1. The van der Waals surface area contributed by atoms with Crippen molar-refractivity contribution in [3.05, 3.63) is 64.7 Å². The first-order chi connectivity index (χ1) is 13.1. The number of guanidine groups is 1. The fourth-order valence-electron chi connectivity index (χ4n) is 3.53. The smallest absolute Gasteiger partial charge is 0.244 e. The lowest BCUT2D eigenvalue weighted by atomic mass is 10.00. The molecule has 2 aromatic carbocycles. The number of nitrogens with zero attached hydrogens (tertiary/aromatic N) is 2. The third kappa shape index (κ3) is 4.48. The first kappa shape index (κ1) is 19.0. The van der Waals surface area contributed by atoms with E-state index in [2.05, 4.69) is 54.5 Å². The molecule has 3 rings (SSSR count). The molecule has 1 amide bonds. The van der Waals surface area contributed by atoms with Gasteiger partial charge in [0.1, 0.15) is 6.54 Å². The summed E-state index contributed by atoms with van der Waals surface area (Å²) in [5.41, 5.74) is 12.0. The average molecular weight is 364 g/mol. The molecule has 5 heteroatoms. The number of hydrogen-bond donors (Lipinski definition) is 2. The SMILES string of the molecule is CCc1cccc(CC)c1NC(N)=NCC(=O)N1CCc2ccccc2C1. The predicted molar refractivity (Wildman–Crippen MR) is 111 cm³/mol. The molecule has 3 N–H and O–H groups in total. The van der Waals surface area contributed by atoms with E-state index in [-0.39, 0.29) is 18.4 Å². The third-order valence-corrected chi connectivity index (χ3v) is 5.12. The summed E-state index contributed by atoms with van der Waals surface area (Å²) in [6.07, 6.45) is 2.72. The first-order valence-corrected chi connectivity index (χ1v) is 9.64. The van der Waals surface area contributed by atoms with Gasteiger partial charge in [-0.2, -0.15) is 0 Å². The standard InChI is InChI=1S/C22H28N4O/c1-3-16-10-7-11-17(4-2)21(16)25-22(23)24-14-20(27)26-13-12-18-8-5-6-9-19(18)15-26/h5-11H,3-4,12-15H2,1-2H3,(H3,23,24,25). The van der Waals surface area contributed by atoms with Crippen LogP contribution in [0.2, 0.25) is 0 Å². The highest BCUT2D eigenvalue weighted by Crippen LogP contribution is 2.22. The minimum Gasteiger partial charge on any atom is -0.370 e. The van der Waals surface area contributed by atoms with Gasteiger partial charge in [-0.25, -0.2) is 4.99 Å². The zero-order chi connectivity index (χ0) is 19.2. The second-order valence-electron chi connectivity index (χ2n) is 6.82. The van der Waals surface area contributed by atoms with Gasteiger partial charge in [-0.15, -0.1) is 0 Å². The van der Waals surface area contributed by atoms with Gasteiger partial charge in [0.2, 0.25) is 5.91 Å². The molecule has 0 fully saturated rings. The van der Waals surface area contributed by atoms with Crippen molar-refractivity contribution in [2.75, 3.05) is 18.4 Å². The number of aryl methyl sites for hydroxylation is 2. The minimum absolute atomic E-state index is 0.00810. The van der Waals surface area contributed by atoms with Gasteiger partial charge in [0.25, 0.3) is 0 Å². The van der Waals surface area contributed by atoms with E-state index in [0.29, 0.717) is 6.54 Å². The number of carbonyl (C=O) groups excluding carboxylic acids is 1. The van der Waals surface area contributed by atoms with Crippen molar-refractivity contribution >= 4 is 17.6 Å². The first-order valence-electron chi connectivity index (χ1n) is 9.64. The topological polar surface area (TPSA) is 70.7 Å². The van der Waals surface area contributed by atoms with E-state index in [4.69, 9.17) is 5.73 Å². The highest BCUT2D eigenvalue weighted by Gasteiger charge is 2.20. The molecule has 0 atom stereocenters. The van der Waals surface area contributed by atoms with Crippen LogP contribution in [0.5, 0.6) is 0 Å². The summed E-state index contributed by atoms with van der Waals surface area (Å²) >= 11 is 0. The van der Waals surface area contributed by atoms with Crippen LogP contribution in [0.4, 0.5) is 5.69 Å². The van der Waals surface area contributed by atoms with Gasteiger partial charge in [0.15, 0.2) is 5.96 Å². The fourth-order valence-corrected chi connectivity index (χ4v) is 3.53. The Labute approximate surface area is 161 Å². The lowest BCUT2D eigenvalue weighted by molar-refractivity contribution is -0.130. The molecule has 142 valence electrons. The minimum atomic E-state index is 0.00810.